The lowest BCUT2D eigenvalue weighted by molar-refractivity contribution is 0.0283. The van der Waals surface area contributed by atoms with Gasteiger partial charge < -0.3 is 24.6 Å². The SMILES string of the molecule is Cc1cc(Nc2ncnc3cnc(N4C5CN(C(=O)OC(C)(C)C)CC54)nc23)ccc1Oc1ccc2c(c1)nnn2C. The lowest BCUT2D eigenvalue weighted by Gasteiger charge is -2.26. The van der Waals surface area contributed by atoms with Gasteiger partial charge in [-0.25, -0.2) is 29.4 Å². The van der Waals surface area contributed by atoms with E-state index >= 15 is 0 Å². The summed E-state index contributed by atoms with van der Waals surface area (Å²) in [6, 6.07) is 11.9. The number of anilines is 3. The van der Waals surface area contributed by atoms with Crippen LogP contribution >= 0.6 is 0 Å². The van der Waals surface area contributed by atoms with Crippen molar-refractivity contribution in [1.29, 1.82) is 0 Å². The molecule has 0 aliphatic carbocycles. The van der Waals surface area contributed by atoms with Crippen LogP contribution in [-0.4, -0.2) is 76.7 Å². The smallest absolute Gasteiger partial charge is 0.410 e. The number of nitrogens with one attached hydrogen (secondary N) is 1. The summed E-state index contributed by atoms with van der Waals surface area (Å²) in [5, 5.41) is 11.6. The second kappa shape index (κ2) is 9.50. The van der Waals surface area contributed by atoms with Crippen molar-refractivity contribution in [3.8, 4) is 11.5 Å². The number of amides is 1. The number of hydrogen-bond acceptors (Lipinski definition) is 11. The molecule has 2 aromatic carbocycles. The Labute approximate surface area is 241 Å². The Morgan fingerprint density at radius 1 is 1.02 bits per heavy atom. The summed E-state index contributed by atoms with van der Waals surface area (Å²) in [6.07, 6.45) is 2.92. The van der Waals surface area contributed by atoms with Gasteiger partial charge >= 0.3 is 6.09 Å². The average molecular weight is 567 g/mol. The maximum absolute atomic E-state index is 12.5. The minimum Gasteiger partial charge on any atom is -0.457 e. The molecule has 0 radical (unpaired) electrons. The van der Waals surface area contributed by atoms with Crippen LogP contribution in [0, 0.1) is 6.92 Å². The van der Waals surface area contributed by atoms with E-state index in [0.29, 0.717) is 41.6 Å². The van der Waals surface area contributed by atoms with E-state index in [2.05, 4.69) is 35.5 Å². The molecule has 3 aromatic heterocycles. The van der Waals surface area contributed by atoms with Crippen molar-refractivity contribution in [1.82, 2.24) is 39.8 Å². The zero-order chi connectivity index (χ0) is 29.2. The fourth-order valence-corrected chi connectivity index (χ4v) is 5.30. The third-order valence-corrected chi connectivity index (χ3v) is 7.38. The maximum atomic E-state index is 12.5. The molecule has 2 fully saturated rings. The standard InChI is InChI=1S/C29H30N10O3/c1-16-10-17(6-9-24(16)41-18-7-8-21-19(11-18)35-36-37(21)5)33-26-25-20(31-15-32-26)12-30-27(34-25)39-22-13-38(14-23(22)39)28(40)42-29(2,3)4/h6-12,15,22-23H,13-14H2,1-5H3,(H,31,32,33). The van der Waals surface area contributed by atoms with E-state index in [-0.39, 0.29) is 18.2 Å². The third-order valence-electron chi connectivity index (χ3n) is 7.38. The molecule has 214 valence electrons. The van der Waals surface area contributed by atoms with Crippen LogP contribution < -0.4 is 15.0 Å². The summed E-state index contributed by atoms with van der Waals surface area (Å²) in [7, 11) is 1.86. The molecule has 2 atom stereocenters. The lowest BCUT2D eigenvalue weighted by atomic mass is 10.2. The largest absolute Gasteiger partial charge is 0.457 e. The highest BCUT2D eigenvalue weighted by Crippen LogP contribution is 2.40. The molecule has 5 aromatic rings. The van der Waals surface area contributed by atoms with E-state index in [9.17, 15) is 4.79 Å². The fourth-order valence-electron chi connectivity index (χ4n) is 5.30. The minimum atomic E-state index is -0.521. The van der Waals surface area contributed by atoms with Crippen molar-refractivity contribution in [2.45, 2.75) is 45.4 Å². The number of carbonyl (C=O) groups excluding carboxylic acids is 1. The van der Waals surface area contributed by atoms with Crippen LogP contribution in [0.5, 0.6) is 11.5 Å². The van der Waals surface area contributed by atoms with Gasteiger partial charge in [0.25, 0.3) is 0 Å². The summed E-state index contributed by atoms with van der Waals surface area (Å²) in [6.45, 7) is 8.76. The van der Waals surface area contributed by atoms with Crippen molar-refractivity contribution in [2.24, 2.45) is 7.05 Å². The van der Waals surface area contributed by atoms with Gasteiger partial charge in [0.15, 0.2) is 5.82 Å². The second-order valence-corrected chi connectivity index (χ2v) is 11.6. The third kappa shape index (κ3) is 4.76. The number of nitrogens with zero attached hydrogens (tertiary/aromatic N) is 9. The quantitative estimate of drug-likeness (QED) is 0.304. The molecule has 0 bridgehead atoms. The summed E-state index contributed by atoms with van der Waals surface area (Å²) in [5.74, 6) is 2.59. The van der Waals surface area contributed by atoms with Crippen molar-refractivity contribution in [3.05, 3.63) is 54.5 Å². The molecule has 2 unspecified atom stereocenters. The second-order valence-electron chi connectivity index (χ2n) is 11.6. The van der Waals surface area contributed by atoms with Gasteiger partial charge in [-0.15, -0.1) is 5.10 Å². The molecule has 2 saturated heterocycles. The van der Waals surface area contributed by atoms with Gasteiger partial charge in [0.1, 0.15) is 40.0 Å². The molecular formula is C29H30N10O3. The normalized spacial score (nSPS) is 17.9. The number of hydrogen-bond donors (Lipinski definition) is 1. The van der Waals surface area contributed by atoms with Crippen LogP contribution in [0.2, 0.25) is 0 Å². The number of likely N-dealkylation sites (tertiary alicyclic amines) is 1. The Morgan fingerprint density at radius 2 is 1.83 bits per heavy atom. The molecule has 2 aliphatic heterocycles. The van der Waals surface area contributed by atoms with E-state index in [0.717, 1.165) is 28.0 Å². The molecule has 1 N–H and O–H groups in total. The monoisotopic (exact) mass is 566 g/mol. The first kappa shape index (κ1) is 25.9. The Balaban J connectivity index is 1.06. The van der Waals surface area contributed by atoms with Gasteiger partial charge in [-0.1, -0.05) is 5.21 Å². The highest BCUT2D eigenvalue weighted by atomic mass is 16.6. The first-order valence-electron chi connectivity index (χ1n) is 13.7. The summed E-state index contributed by atoms with van der Waals surface area (Å²) in [5.41, 5.74) is 4.22. The lowest BCUT2D eigenvalue weighted by Crippen LogP contribution is -2.39. The van der Waals surface area contributed by atoms with Crippen LogP contribution in [0.3, 0.4) is 0 Å². The predicted molar refractivity (Wildman–Crippen MR) is 156 cm³/mol. The van der Waals surface area contributed by atoms with E-state index in [1.807, 2.05) is 71.1 Å². The van der Waals surface area contributed by atoms with Crippen molar-refractivity contribution in [2.75, 3.05) is 23.3 Å². The zero-order valence-corrected chi connectivity index (χ0v) is 23.9. The summed E-state index contributed by atoms with van der Waals surface area (Å²) < 4.78 is 13.4. The molecule has 2 aliphatic rings. The zero-order valence-electron chi connectivity index (χ0n) is 23.9. The molecule has 7 rings (SSSR count). The van der Waals surface area contributed by atoms with Crippen LogP contribution in [-0.2, 0) is 11.8 Å². The Kier molecular flexibility index (Phi) is 5.85. The summed E-state index contributed by atoms with van der Waals surface area (Å²) >= 11 is 0. The van der Waals surface area contributed by atoms with Gasteiger partial charge in [-0.3, -0.25) is 0 Å². The molecule has 13 heteroatoms. The van der Waals surface area contributed by atoms with Crippen molar-refractivity contribution in [3.63, 3.8) is 0 Å². The van der Waals surface area contributed by atoms with Gasteiger partial charge in [0.2, 0.25) is 5.95 Å². The number of carbonyl (C=O) groups is 1. The molecule has 0 saturated carbocycles. The van der Waals surface area contributed by atoms with Crippen LogP contribution in [0.15, 0.2) is 48.9 Å². The molecule has 42 heavy (non-hydrogen) atoms. The highest BCUT2D eigenvalue weighted by Gasteiger charge is 2.57. The van der Waals surface area contributed by atoms with E-state index < -0.39 is 5.60 Å². The minimum absolute atomic E-state index is 0.167. The first-order valence-corrected chi connectivity index (χ1v) is 13.7. The van der Waals surface area contributed by atoms with Crippen LogP contribution in [0.1, 0.15) is 26.3 Å². The Morgan fingerprint density at radius 3 is 2.60 bits per heavy atom. The number of aryl methyl sites for hydroxylation is 2. The maximum Gasteiger partial charge on any atom is 0.410 e. The molecule has 0 spiro atoms. The predicted octanol–water partition coefficient (Wildman–Crippen LogP) is 4.35. The molecule has 13 nitrogen and oxygen atoms in total. The first-order chi connectivity index (χ1) is 20.1. The van der Waals surface area contributed by atoms with E-state index in [1.54, 1.807) is 15.8 Å². The molecule has 5 heterocycles. The van der Waals surface area contributed by atoms with Gasteiger partial charge in [0.05, 0.1) is 23.8 Å². The Bertz CT molecular complexity index is 1840. The van der Waals surface area contributed by atoms with Crippen molar-refractivity contribution < 1.29 is 14.3 Å². The summed E-state index contributed by atoms with van der Waals surface area (Å²) in [4.78, 5) is 34.5. The van der Waals surface area contributed by atoms with Gasteiger partial charge in [-0.05, 0) is 63.6 Å². The Hall–Kier alpha value is -5.07. The number of aromatic nitrogens is 7. The number of ether oxygens (including phenoxy) is 2. The van der Waals surface area contributed by atoms with Crippen LogP contribution in [0.25, 0.3) is 22.1 Å². The van der Waals surface area contributed by atoms with Gasteiger partial charge in [0, 0.05) is 31.9 Å². The molecule has 1 amide bonds. The van der Waals surface area contributed by atoms with Crippen molar-refractivity contribution >= 4 is 45.6 Å². The highest BCUT2D eigenvalue weighted by molar-refractivity contribution is 5.87. The number of rotatable bonds is 5. The average Bonchev–Trinajstić information content (AvgIpc) is 3.23. The van der Waals surface area contributed by atoms with E-state index in [4.69, 9.17) is 14.5 Å². The fraction of sp³-hybridized carbons (Fsp3) is 0.345. The topological polar surface area (TPSA) is 136 Å². The van der Waals surface area contributed by atoms with Crippen LogP contribution in [0.4, 0.5) is 22.2 Å². The van der Waals surface area contributed by atoms with E-state index in [1.165, 1.54) is 6.33 Å². The molecular weight excluding hydrogens is 536 g/mol. The number of benzene rings is 2. The number of fused-ring (bicyclic) bond motifs is 3. The van der Waals surface area contributed by atoms with Gasteiger partial charge in [-0.2, -0.15) is 0 Å². The number of piperazine rings is 1.